The zero-order chi connectivity index (χ0) is 21.0. The van der Waals surface area contributed by atoms with Crippen molar-refractivity contribution in [3.8, 4) is 5.75 Å². The Kier molecular flexibility index (Phi) is 6.12. The maximum atomic E-state index is 12.8. The van der Waals surface area contributed by atoms with Gasteiger partial charge in [-0.05, 0) is 57.9 Å². The second kappa shape index (κ2) is 8.73. The first kappa shape index (κ1) is 20.3. The summed E-state index contributed by atoms with van der Waals surface area (Å²) in [5, 5.41) is 6.21. The molecule has 2 N–H and O–H groups in total. The highest BCUT2D eigenvalue weighted by molar-refractivity contribution is 6.04. The molecule has 0 spiro atoms. The van der Waals surface area contributed by atoms with Crippen LogP contribution >= 0.6 is 0 Å². The maximum absolute atomic E-state index is 12.8. The lowest BCUT2D eigenvalue weighted by atomic mass is 10.1. The molecule has 0 aliphatic carbocycles. The van der Waals surface area contributed by atoms with Crippen molar-refractivity contribution in [3.05, 3.63) is 71.2 Å². The minimum absolute atomic E-state index is 0.0452. The van der Waals surface area contributed by atoms with Gasteiger partial charge in [0.15, 0.2) is 0 Å². The first-order valence-electron chi connectivity index (χ1n) is 9.59. The van der Waals surface area contributed by atoms with Crippen LogP contribution in [0.25, 0.3) is 0 Å². The number of para-hydroxylation sites is 3. The van der Waals surface area contributed by atoms with Crippen LogP contribution in [0, 0.1) is 20.8 Å². The Balaban J connectivity index is 1.86. The van der Waals surface area contributed by atoms with Crippen molar-refractivity contribution in [2.24, 2.45) is 0 Å². The first-order valence-corrected chi connectivity index (χ1v) is 9.59. The highest BCUT2D eigenvalue weighted by Gasteiger charge is 2.14. The molecular formula is C23H26N4O2. The van der Waals surface area contributed by atoms with Gasteiger partial charge in [0, 0.05) is 11.8 Å². The Hall–Kier alpha value is -3.41. The summed E-state index contributed by atoms with van der Waals surface area (Å²) in [6.45, 7) is 9.64. The average Bonchev–Trinajstić information content (AvgIpc) is 2.65. The number of benzene rings is 2. The monoisotopic (exact) mass is 390 g/mol. The molecule has 0 bridgehead atoms. The number of anilines is 3. The molecule has 6 nitrogen and oxygen atoms in total. The highest BCUT2D eigenvalue weighted by Crippen LogP contribution is 2.28. The molecule has 0 saturated carbocycles. The van der Waals surface area contributed by atoms with Gasteiger partial charge in [0.05, 0.1) is 11.8 Å². The number of ether oxygens (including phenoxy) is 1. The Morgan fingerprint density at radius 2 is 1.66 bits per heavy atom. The van der Waals surface area contributed by atoms with E-state index < -0.39 is 0 Å². The molecule has 0 aliphatic heterocycles. The molecule has 1 heterocycles. The predicted molar refractivity (Wildman–Crippen MR) is 116 cm³/mol. The Bertz CT molecular complexity index is 1010. The Morgan fingerprint density at radius 1 is 0.966 bits per heavy atom. The van der Waals surface area contributed by atoms with E-state index in [0.717, 1.165) is 28.3 Å². The summed E-state index contributed by atoms with van der Waals surface area (Å²) in [7, 11) is 0. The maximum Gasteiger partial charge on any atom is 0.274 e. The zero-order valence-corrected chi connectivity index (χ0v) is 17.4. The van der Waals surface area contributed by atoms with E-state index in [-0.39, 0.29) is 12.0 Å². The Morgan fingerprint density at radius 3 is 2.34 bits per heavy atom. The van der Waals surface area contributed by atoms with E-state index in [0.29, 0.717) is 17.3 Å². The fourth-order valence-corrected chi connectivity index (χ4v) is 3.00. The predicted octanol–water partition coefficient (Wildman–Crippen LogP) is 5.18. The van der Waals surface area contributed by atoms with Crippen LogP contribution in [0.1, 0.15) is 41.3 Å². The van der Waals surface area contributed by atoms with Gasteiger partial charge in [-0.2, -0.15) is 0 Å². The first-order chi connectivity index (χ1) is 13.8. The third-order valence-electron chi connectivity index (χ3n) is 4.30. The molecule has 0 atom stereocenters. The van der Waals surface area contributed by atoms with Crippen molar-refractivity contribution in [1.82, 2.24) is 9.97 Å². The van der Waals surface area contributed by atoms with Gasteiger partial charge in [-0.3, -0.25) is 4.79 Å². The number of aryl methyl sites for hydroxylation is 3. The largest absolute Gasteiger partial charge is 0.489 e. The number of carbonyl (C=O) groups is 1. The third-order valence-corrected chi connectivity index (χ3v) is 4.30. The molecule has 29 heavy (non-hydrogen) atoms. The molecule has 0 unspecified atom stereocenters. The van der Waals surface area contributed by atoms with Gasteiger partial charge < -0.3 is 15.4 Å². The van der Waals surface area contributed by atoms with E-state index >= 15 is 0 Å². The van der Waals surface area contributed by atoms with Crippen LogP contribution in [0.2, 0.25) is 0 Å². The van der Waals surface area contributed by atoms with Gasteiger partial charge in [0.2, 0.25) is 0 Å². The normalized spacial score (nSPS) is 10.7. The smallest absolute Gasteiger partial charge is 0.274 e. The van der Waals surface area contributed by atoms with Gasteiger partial charge in [-0.25, -0.2) is 9.97 Å². The summed E-state index contributed by atoms with van der Waals surface area (Å²) in [4.78, 5) is 21.6. The molecule has 1 aromatic heterocycles. The number of carbonyl (C=O) groups excluding carboxylic acids is 1. The van der Waals surface area contributed by atoms with Crippen molar-refractivity contribution in [2.75, 3.05) is 10.6 Å². The van der Waals surface area contributed by atoms with Crippen LogP contribution in [0.15, 0.2) is 48.5 Å². The second-order valence-electron chi connectivity index (χ2n) is 7.19. The molecule has 0 aliphatic rings. The standard InChI is InChI=1S/C23H26N4O2/c1-14(2)29-20-12-7-6-11-18(20)26-21-13-19(24-17(5)25-21)23(28)27-22-15(3)9-8-10-16(22)4/h6-14H,1-5H3,(H,27,28)(H,24,25,26). The number of hydrogen-bond donors (Lipinski definition) is 2. The van der Waals surface area contributed by atoms with Crippen LogP contribution in [0.5, 0.6) is 5.75 Å². The lowest BCUT2D eigenvalue weighted by Gasteiger charge is -2.16. The quantitative estimate of drug-likeness (QED) is 0.606. The van der Waals surface area contributed by atoms with Gasteiger partial charge >= 0.3 is 0 Å². The SMILES string of the molecule is Cc1nc(Nc2ccccc2OC(C)C)cc(C(=O)Nc2c(C)cccc2C)n1. The van der Waals surface area contributed by atoms with Gasteiger partial charge in [0.25, 0.3) is 5.91 Å². The Labute approximate surface area is 171 Å². The minimum atomic E-state index is -0.275. The van der Waals surface area contributed by atoms with E-state index in [1.54, 1.807) is 13.0 Å². The summed E-state index contributed by atoms with van der Waals surface area (Å²) in [6, 6.07) is 15.2. The summed E-state index contributed by atoms with van der Waals surface area (Å²) in [6.07, 6.45) is 0.0452. The molecule has 150 valence electrons. The molecule has 2 aromatic carbocycles. The molecular weight excluding hydrogens is 364 g/mol. The van der Waals surface area contributed by atoms with Crippen LogP contribution in [-0.2, 0) is 0 Å². The third kappa shape index (κ3) is 5.10. The molecule has 3 aromatic rings. The molecule has 0 saturated heterocycles. The van der Waals surface area contributed by atoms with E-state index in [4.69, 9.17) is 4.74 Å². The van der Waals surface area contributed by atoms with Gasteiger partial charge in [-0.15, -0.1) is 0 Å². The summed E-state index contributed by atoms with van der Waals surface area (Å²) >= 11 is 0. The number of amides is 1. The number of hydrogen-bond acceptors (Lipinski definition) is 5. The van der Waals surface area contributed by atoms with Crippen LogP contribution in [0.4, 0.5) is 17.2 Å². The summed E-state index contributed by atoms with van der Waals surface area (Å²) < 4.78 is 5.85. The van der Waals surface area contributed by atoms with Crippen molar-refractivity contribution in [2.45, 2.75) is 40.7 Å². The molecule has 1 amide bonds. The summed E-state index contributed by atoms with van der Waals surface area (Å²) in [5.74, 6) is 1.48. The highest BCUT2D eigenvalue weighted by atomic mass is 16.5. The van der Waals surface area contributed by atoms with Crippen LogP contribution in [-0.4, -0.2) is 22.0 Å². The van der Waals surface area contributed by atoms with E-state index in [1.807, 2.05) is 70.2 Å². The average molecular weight is 390 g/mol. The van der Waals surface area contributed by atoms with Crippen molar-refractivity contribution in [3.63, 3.8) is 0 Å². The number of aromatic nitrogens is 2. The van der Waals surface area contributed by atoms with E-state index in [1.165, 1.54) is 0 Å². The minimum Gasteiger partial charge on any atom is -0.489 e. The molecule has 6 heteroatoms. The zero-order valence-electron chi connectivity index (χ0n) is 17.4. The summed E-state index contributed by atoms with van der Waals surface area (Å²) in [5.41, 5.74) is 3.88. The van der Waals surface area contributed by atoms with Gasteiger partial charge in [0.1, 0.15) is 23.1 Å². The lowest BCUT2D eigenvalue weighted by molar-refractivity contribution is 0.102. The van der Waals surface area contributed by atoms with Crippen LogP contribution in [0.3, 0.4) is 0 Å². The van der Waals surface area contributed by atoms with E-state index in [9.17, 15) is 4.79 Å². The second-order valence-corrected chi connectivity index (χ2v) is 7.19. The number of nitrogens with zero attached hydrogens (tertiary/aromatic N) is 2. The fourth-order valence-electron chi connectivity index (χ4n) is 3.00. The van der Waals surface area contributed by atoms with Crippen molar-refractivity contribution >= 4 is 23.1 Å². The molecule has 0 radical (unpaired) electrons. The fraction of sp³-hybridized carbons (Fsp3) is 0.261. The number of nitrogens with one attached hydrogen (secondary N) is 2. The van der Waals surface area contributed by atoms with E-state index in [2.05, 4.69) is 20.6 Å². The van der Waals surface area contributed by atoms with Crippen LogP contribution < -0.4 is 15.4 Å². The van der Waals surface area contributed by atoms with Gasteiger partial charge in [-0.1, -0.05) is 30.3 Å². The van der Waals surface area contributed by atoms with Crippen molar-refractivity contribution in [1.29, 1.82) is 0 Å². The number of rotatable bonds is 6. The molecule has 3 rings (SSSR count). The lowest BCUT2D eigenvalue weighted by Crippen LogP contribution is -2.17. The topological polar surface area (TPSA) is 76.1 Å². The molecule has 0 fully saturated rings. The van der Waals surface area contributed by atoms with Crippen molar-refractivity contribution < 1.29 is 9.53 Å².